The Labute approximate surface area is 77.2 Å². The Hall–Kier alpha value is -0.930. The normalized spacial score (nSPS) is 15.5. The molecule has 0 aliphatic carbocycles. The zero-order chi connectivity index (χ0) is 10.0. The van der Waals surface area contributed by atoms with Crippen LogP contribution < -0.4 is 5.73 Å². The van der Waals surface area contributed by atoms with Gasteiger partial charge < -0.3 is 10.8 Å². The molecule has 0 amide bonds. The number of hydrogen-bond donors (Lipinski definition) is 2. The first-order valence-corrected chi connectivity index (χ1v) is 4.22. The van der Waals surface area contributed by atoms with Gasteiger partial charge in [0.1, 0.15) is 5.82 Å². The first-order valence-electron chi connectivity index (χ1n) is 4.22. The van der Waals surface area contributed by atoms with Gasteiger partial charge in [0.25, 0.3) is 0 Å². The zero-order valence-electron chi connectivity index (χ0n) is 7.79. The van der Waals surface area contributed by atoms with Crippen molar-refractivity contribution in [3.63, 3.8) is 0 Å². The van der Waals surface area contributed by atoms with Crippen LogP contribution in [0, 0.1) is 12.7 Å². The summed E-state index contributed by atoms with van der Waals surface area (Å²) < 4.78 is 12.8. The van der Waals surface area contributed by atoms with Gasteiger partial charge in [0.2, 0.25) is 0 Å². The minimum Gasteiger partial charge on any atom is -0.387 e. The molecule has 3 heteroatoms. The van der Waals surface area contributed by atoms with E-state index in [1.165, 1.54) is 12.1 Å². The summed E-state index contributed by atoms with van der Waals surface area (Å²) in [7, 11) is 0. The molecule has 13 heavy (non-hydrogen) atoms. The van der Waals surface area contributed by atoms with E-state index >= 15 is 0 Å². The van der Waals surface area contributed by atoms with Gasteiger partial charge in [-0.1, -0.05) is 6.07 Å². The third-order valence-electron chi connectivity index (χ3n) is 2.06. The fraction of sp³-hybridized carbons (Fsp3) is 0.400. The second-order valence-corrected chi connectivity index (χ2v) is 3.30. The van der Waals surface area contributed by atoms with Gasteiger partial charge in [-0.05, 0) is 37.1 Å². The van der Waals surface area contributed by atoms with Crippen molar-refractivity contribution < 1.29 is 9.50 Å². The minimum atomic E-state index is -0.796. The monoisotopic (exact) mass is 183 g/mol. The van der Waals surface area contributed by atoms with Crippen molar-refractivity contribution in [2.45, 2.75) is 26.0 Å². The molecule has 0 aliphatic rings. The Kier molecular flexibility index (Phi) is 3.01. The maximum Gasteiger partial charge on any atom is 0.123 e. The van der Waals surface area contributed by atoms with Crippen LogP contribution in [0.2, 0.25) is 0 Å². The molecule has 2 nitrogen and oxygen atoms in total. The van der Waals surface area contributed by atoms with Gasteiger partial charge in [0, 0.05) is 6.04 Å². The van der Waals surface area contributed by atoms with Crippen molar-refractivity contribution in [3.05, 3.63) is 35.1 Å². The molecule has 0 saturated carbocycles. The van der Waals surface area contributed by atoms with Crippen LogP contribution in [0.25, 0.3) is 0 Å². The summed E-state index contributed by atoms with van der Waals surface area (Å²) in [6, 6.07) is 3.94. The maximum absolute atomic E-state index is 12.8. The van der Waals surface area contributed by atoms with Crippen LogP contribution in [0.5, 0.6) is 0 Å². The molecule has 0 fully saturated rings. The zero-order valence-corrected chi connectivity index (χ0v) is 7.79. The lowest BCUT2D eigenvalue weighted by atomic mass is 9.99. The smallest absolute Gasteiger partial charge is 0.123 e. The Bertz CT molecular complexity index is 299. The summed E-state index contributed by atoms with van der Waals surface area (Å²) in [6.45, 7) is 3.51. The van der Waals surface area contributed by atoms with E-state index in [9.17, 15) is 9.50 Å². The molecule has 0 unspecified atom stereocenters. The molecular formula is C10H14FNO. The Balaban J connectivity index is 3.05. The quantitative estimate of drug-likeness (QED) is 0.730. The highest BCUT2D eigenvalue weighted by Crippen LogP contribution is 2.20. The summed E-state index contributed by atoms with van der Waals surface area (Å²) in [5, 5.41) is 9.61. The molecular weight excluding hydrogens is 169 g/mol. The molecule has 0 saturated heterocycles. The topological polar surface area (TPSA) is 46.2 Å². The Morgan fingerprint density at radius 2 is 2.08 bits per heavy atom. The minimum absolute atomic E-state index is 0.347. The van der Waals surface area contributed by atoms with Crippen molar-refractivity contribution in [3.8, 4) is 0 Å². The molecule has 2 atom stereocenters. The average molecular weight is 183 g/mol. The summed E-state index contributed by atoms with van der Waals surface area (Å²) in [6.07, 6.45) is -0.796. The first kappa shape index (κ1) is 10.2. The van der Waals surface area contributed by atoms with E-state index in [4.69, 9.17) is 5.73 Å². The molecule has 1 rings (SSSR count). The summed E-state index contributed by atoms with van der Waals surface area (Å²) in [5.41, 5.74) is 6.93. The van der Waals surface area contributed by atoms with E-state index in [0.717, 1.165) is 5.56 Å². The number of hydrogen-bond acceptors (Lipinski definition) is 2. The van der Waals surface area contributed by atoms with Crippen LogP contribution in [-0.4, -0.2) is 11.1 Å². The molecule has 0 aliphatic heterocycles. The fourth-order valence-corrected chi connectivity index (χ4v) is 1.21. The fourth-order valence-electron chi connectivity index (χ4n) is 1.21. The predicted octanol–water partition coefficient (Wildman–Crippen LogP) is 1.51. The number of aliphatic hydroxyl groups is 1. The van der Waals surface area contributed by atoms with Crippen LogP contribution in [-0.2, 0) is 0 Å². The SMILES string of the molecule is Cc1ccc(F)cc1[C@@H](O)[C@@H](C)N. The lowest BCUT2D eigenvalue weighted by Gasteiger charge is -2.16. The standard InChI is InChI=1S/C10H14FNO/c1-6-3-4-8(11)5-9(6)10(13)7(2)12/h3-5,7,10,13H,12H2,1-2H3/t7-,10+/m1/s1. The number of aliphatic hydroxyl groups excluding tert-OH is 1. The molecule has 1 aromatic rings. The molecule has 0 bridgehead atoms. The van der Waals surface area contributed by atoms with Crippen molar-refractivity contribution in [1.82, 2.24) is 0 Å². The van der Waals surface area contributed by atoms with Gasteiger partial charge in [-0.15, -0.1) is 0 Å². The molecule has 0 heterocycles. The van der Waals surface area contributed by atoms with E-state index in [0.29, 0.717) is 5.56 Å². The second-order valence-electron chi connectivity index (χ2n) is 3.30. The highest BCUT2D eigenvalue weighted by atomic mass is 19.1. The van der Waals surface area contributed by atoms with E-state index in [2.05, 4.69) is 0 Å². The second kappa shape index (κ2) is 3.85. The van der Waals surface area contributed by atoms with E-state index in [1.807, 2.05) is 6.92 Å². The molecule has 0 aromatic heterocycles. The summed E-state index contributed by atoms with van der Waals surface area (Å²) in [4.78, 5) is 0. The number of rotatable bonds is 2. The summed E-state index contributed by atoms with van der Waals surface area (Å²) >= 11 is 0. The number of aryl methyl sites for hydroxylation is 1. The first-order chi connectivity index (χ1) is 6.02. The van der Waals surface area contributed by atoms with Gasteiger partial charge in [-0.3, -0.25) is 0 Å². The highest BCUT2D eigenvalue weighted by molar-refractivity contribution is 5.29. The van der Waals surface area contributed by atoms with Crippen molar-refractivity contribution in [2.24, 2.45) is 5.73 Å². The third-order valence-corrected chi connectivity index (χ3v) is 2.06. The lowest BCUT2D eigenvalue weighted by molar-refractivity contribution is 0.152. The van der Waals surface area contributed by atoms with Crippen molar-refractivity contribution >= 4 is 0 Å². The highest BCUT2D eigenvalue weighted by Gasteiger charge is 2.14. The molecule has 1 aromatic carbocycles. The predicted molar refractivity (Wildman–Crippen MR) is 49.7 cm³/mol. The molecule has 72 valence electrons. The number of nitrogens with two attached hydrogens (primary N) is 1. The maximum atomic E-state index is 12.8. The summed E-state index contributed by atoms with van der Waals surface area (Å²) in [5.74, 6) is -0.347. The van der Waals surface area contributed by atoms with E-state index in [-0.39, 0.29) is 11.9 Å². The van der Waals surface area contributed by atoms with Crippen molar-refractivity contribution in [1.29, 1.82) is 0 Å². The average Bonchev–Trinajstić information content (AvgIpc) is 2.08. The van der Waals surface area contributed by atoms with E-state index < -0.39 is 6.10 Å². The van der Waals surface area contributed by atoms with E-state index in [1.54, 1.807) is 13.0 Å². The van der Waals surface area contributed by atoms with Crippen LogP contribution in [0.3, 0.4) is 0 Å². The lowest BCUT2D eigenvalue weighted by Crippen LogP contribution is -2.25. The van der Waals surface area contributed by atoms with Gasteiger partial charge in [-0.2, -0.15) is 0 Å². The molecule has 0 radical (unpaired) electrons. The van der Waals surface area contributed by atoms with Crippen LogP contribution in [0.4, 0.5) is 4.39 Å². The largest absolute Gasteiger partial charge is 0.387 e. The Morgan fingerprint density at radius 3 is 2.62 bits per heavy atom. The van der Waals surface area contributed by atoms with Crippen LogP contribution >= 0.6 is 0 Å². The van der Waals surface area contributed by atoms with Gasteiger partial charge in [0.15, 0.2) is 0 Å². The molecule has 0 spiro atoms. The van der Waals surface area contributed by atoms with Crippen LogP contribution in [0.15, 0.2) is 18.2 Å². The van der Waals surface area contributed by atoms with Gasteiger partial charge >= 0.3 is 0 Å². The number of benzene rings is 1. The third kappa shape index (κ3) is 2.26. The number of halogens is 1. The van der Waals surface area contributed by atoms with Gasteiger partial charge in [0.05, 0.1) is 6.10 Å². The molecule has 3 N–H and O–H groups in total. The Morgan fingerprint density at radius 1 is 1.46 bits per heavy atom. The van der Waals surface area contributed by atoms with Crippen molar-refractivity contribution in [2.75, 3.05) is 0 Å². The van der Waals surface area contributed by atoms with Gasteiger partial charge in [-0.25, -0.2) is 4.39 Å². The van der Waals surface area contributed by atoms with Crippen LogP contribution in [0.1, 0.15) is 24.2 Å².